The second-order valence-electron chi connectivity index (χ2n) is 7.40. The molecule has 0 aromatic rings. The van der Waals surface area contributed by atoms with Gasteiger partial charge < -0.3 is 4.74 Å². The van der Waals surface area contributed by atoms with Crippen LogP contribution in [0.3, 0.4) is 0 Å². The number of rotatable bonds is 17. The van der Waals surface area contributed by atoms with Crippen LogP contribution in [-0.2, 0) is 9.53 Å². The van der Waals surface area contributed by atoms with Gasteiger partial charge in [0, 0.05) is 6.42 Å². The Morgan fingerprint density at radius 2 is 1.12 bits per heavy atom. The summed E-state index contributed by atoms with van der Waals surface area (Å²) in [6, 6.07) is 0. The molecule has 0 saturated carbocycles. The molecule has 0 N–H and O–H groups in total. The van der Waals surface area contributed by atoms with Gasteiger partial charge in [0.1, 0.15) is 5.60 Å². The molecule has 0 amide bonds. The molecule has 2 radical (unpaired) electrons. The minimum absolute atomic E-state index is 0. The number of ether oxygens (including phenoxy) is 1. The molecule has 0 spiro atoms. The summed E-state index contributed by atoms with van der Waals surface area (Å²) in [5.74, 6) is 0.0261. The van der Waals surface area contributed by atoms with E-state index >= 15 is 0 Å². The monoisotopic (exact) mass is 462 g/mol. The third-order valence-electron chi connectivity index (χ3n) is 5.34. The SMILES string of the molecule is CCCCCCCCCCCC(=O)OC(CC)(CC)CCCCC.[SnH2]. The van der Waals surface area contributed by atoms with Gasteiger partial charge in [-0.15, -0.1) is 0 Å². The van der Waals surface area contributed by atoms with Crippen LogP contribution in [-0.4, -0.2) is 35.5 Å². The second kappa shape index (κ2) is 19.0. The van der Waals surface area contributed by atoms with Gasteiger partial charge in [-0.05, 0) is 32.1 Å². The molecule has 0 fully saturated rings. The average Bonchev–Trinajstić information content (AvgIpc) is 2.59. The summed E-state index contributed by atoms with van der Waals surface area (Å²) in [5.41, 5.74) is -0.203. The molecule has 0 bridgehead atoms. The summed E-state index contributed by atoms with van der Waals surface area (Å²) in [7, 11) is 0. The summed E-state index contributed by atoms with van der Waals surface area (Å²) in [6.07, 6.45) is 18.7. The molecule has 0 aliphatic rings. The predicted molar refractivity (Wildman–Crippen MR) is 114 cm³/mol. The second-order valence-corrected chi connectivity index (χ2v) is 7.40. The van der Waals surface area contributed by atoms with Crippen LogP contribution < -0.4 is 0 Å². The van der Waals surface area contributed by atoms with Gasteiger partial charge in [0.15, 0.2) is 0 Å². The maximum absolute atomic E-state index is 12.2. The van der Waals surface area contributed by atoms with E-state index in [2.05, 4.69) is 27.7 Å². The Morgan fingerprint density at radius 1 is 0.680 bits per heavy atom. The van der Waals surface area contributed by atoms with Crippen LogP contribution in [0.25, 0.3) is 0 Å². The predicted octanol–water partition coefficient (Wildman–Crippen LogP) is 6.67. The summed E-state index contributed by atoms with van der Waals surface area (Å²) in [5, 5.41) is 0. The van der Waals surface area contributed by atoms with E-state index in [1.165, 1.54) is 70.6 Å². The Balaban J connectivity index is 0. The van der Waals surface area contributed by atoms with Crippen molar-refractivity contribution in [3.05, 3.63) is 0 Å². The maximum atomic E-state index is 12.2. The van der Waals surface area contributed by atoms with Crippen molar-refractivity contribution >= 4 is 29.9 Å². The average molecular weight is 461 g/mol. The van der Waals surface area contributed by atoms with Gasteiger partial charge in [-0.3, -0.25) is 4.79 Å². The van der Waals surface area contributed by atoms with E-state index in [9.17, 15) is 4.79 Å². The van der Waals surface area contributed by atoms with Gasteiger partial charge in [-0.2, -0.15) is 0 Å². The zero-order valence-electron chi connectivity index (χ0n) is 17.8. The quantitative estimate of drug-likeness (QED) is 0.137. The standard InChI is InChI=1S/C22H44O2.Sn.2H/c1-5-9-11-12-13-14-15-16-17-19-21(23)24-22(7-3,8-4)20-18-10-6-2;;;/h5-20H2,1-4H3;;;. The Bertz CT molecular complexity index is 288. The fraction of sp³-hybridized carbons (Fsp3) is 0.955. The number of unbranched alkanes of at least 4 members (excludes halogenated alkanes) is 10. The third-order valence-corrected chi connectivity index (χ3v) is 5.34. The van der Waals surface area contributed by atoms with Crippen molar-refractivity contribution in [2.45, 2.75) is 136 Å². The van der Waals surface area contributed by atoms with E-state index in [0.29, 0.717) is 6.42 Å². The number of hydrogen-bond acceptors (Lipinski definition) is 2. The summed E-state index contributed by atoms with van der Waals surface area (Å²) >= 11 is 0. The number of carbonyl (C=O) groups excluding carboxylic acids is 1. The van der Waals surface area contributed by atoms with Gasteiger partial charge in [0.05, 0.1) is 0 Å². The van der Waals surface area contributed by atoms with Crippen molar-refractivity contribution in [2.75, 3.05) is 0 Å². The Kier molecular flexibility index (Phi) is 20.9. The first kappa shape index (κ1) is 27.5. The number of esters is 1. The van der Waals surface area contributed by atoms with E-state index in [1.807, 2.05) is 0 Å². The normalized spacial score (nSPS) is 11.2. The number of hydrogen-bond donors (Lipinski definition) is 0. The van der Waals surface area contributed by atoms with Crippen molar-refractivity contribution in [2.24, 2.45) is 0 Å². The zero-order valence-corrected chi connectivity index (χ0v) is 21.9. The van der Waals surface area contributed by atoms with Gasteiger partial charge >= 0.3 is 29.9 Å². The molecule has 0 saturated heterocycles. The van der Waals surface area contributed by atoms with Crippen molar-refractivity contribution in [3.63, 3.8) is 0 Å². The van der Waals surface area contributed by atoms with Crippen LogP contribution in [0.2, 0.25) is 0 Å². The Hall–Kier alpha value is 0.269. The van der Waals surface area contributed by atoms with Crippen LogP contribution in [0.15, 0.2) is 0 Å². The van der Waals surface area contributed by atoms with Crippen LogP contribution >= 0.6 is 0 Å². The molecule has 0 unspecified atom stereocenters. The van der Waals surface area contributed by atoms with Gasteiger partial charge in [-0.25, -0.2) is 0 Å². The minimum atomic E-state index is -0.203. The van der Waals surface area contributed by atoms with Crippen molar-refractivity contribution < 1.29 is 9.53 Å². The van der Waals surface area contributed by atoms with E-state index < -0.39 is 0 Å². The van der Waals surface area contributed by atoms with E-state index in [4.69, 9.17) is 4.74 Å². The molecule has 0 atom stereocenters. The van der Waals surface area contributed by atoms with E-state index in [1.54, 1.807) is 0 Å². The van der Waals surface area contributed by atoms with Crippen molar-refractivity contribution in [1.29, 1.82) is 0 Å². The van der Waals surface area contributed by atoms with Crippen LogP contribution in [0, 0.1) is 0 Å². The molecule has 0 aliphatic carbocycles. The zero-order chi connectivity index (χ0) is 18.1. The molecule has 0 aliphatic heterocycles. The molecular formula is C22H46O2Sn. The molecule has 2 nitrogen and oxygen atoms in total. The summed E-state index contributed by atoms with van der Waals surface area (Å²) in [4.78, 5) is 12.2. The van der Waals surface area contributed by atoms with Crippen LogP contribution in [0.5, 0.6) is 0 Å². The van der Waals surface area contributed by atoms with E-state index in [-0.39, 0.29) is 35.5 Å². The molecule has 0 aromatic carbocycles. The first-order valence-corrected chi connectivity index (χ1v) is 10.9. The fourth-order valence-corrected chi connectivity index (χ4v) is 3.37. The Morgan fingerprint density at radius 3 is 1.60 bits per heavy atom. The summed E-state index contributed by atoms with van der Waals surface area (Å²) < 4.78 is 5.92. The first-order valence-electron chi connectivity index (χ1n) is 10.9. The van der Waals surface area contributed by atoms with Gasteiger partial charge in [0.2, 0.25) is 0 Å². The Labute approximate surface area is 175 Å². The van der Waals surface area contributed by atoms with Gasteiger partial charge in [-0.1, -0.05) is 91.9 Å². The first-order chi connectivity index (χ1) is 11.6. The fourth-order valence-electron chi connectivity index (χ4n) is 3.37. The third kappa shape index (κ3) is 15.1. The van der Waals surface area contributed by atoms with E-state index in [0.717, 1.165) is 25.7 Å². The molecular weight excluding hydrogens is 415 g/mol. The summed E-state index contributed by atoms with van der Waals surface area (Å²) in [6.45, 7) is 8.78. The molecule has 25 heavy (non-hydrogen) atoms. The molecule has 0 aromatic heterocycles. The van der Waals surface area contributed by atoms with Crippen LogP contribution in [0.4, 0.5) is 0 Å². The van der Waals surface area contributed by atoms with Crippen LogP contribution in [0.1, 0.15) is 130 Å². The molecule has 3 heteroatoms. The van der Waals surface area contributed by atoms with Crippen molar-refractivity contribution in [3.8, 4) is 0 Å². The molecule has 0 heterocycles. The number of carbonyl (C=O) groups is 1. The van der Waals surface area contributed by atoms with Crippen molar-refractivity contribution in [1.82, 2.24) is 0 Å². The topological polar surface area (TPSA) is 26.3 Å². The van der Waals surface area contributed by atoms with Gasteiger partial charge in [0.25, 0.3) is 0 Å². The molecule has 150 valence electrons. The molecule has 0 rings (SSSR count).